The number of methoxy groups -OCH3 is 1. The second-order valence-corrected chi connectivity index (χ2v) is 7.95. The van der Waals surface area contributed by atoms with Crippen molar-refractivity contribution in [1.82, 2.24) is 19.7 Å². The van der Waals surface area contributed by atoms with Crippen LogP contribution in [0.25, 0.3) is 5.82 Å². The average molecular weight is 443 g/mol. The molecule has 1 N–H and O–H groups in total. The van der Waals surface area contributed by atoms with Crippen LogP contribution in [-0.2, 0) is 11.2 Å². The fourth-order valence-electron chi connectivity index (χ4n) is 3.34. The number of carbonyl (C=O) groups is 1. The first-order chi connectivity index (χ1) is 14.7. The number of hydrogen-bond acceptors (Lipinski definition) is 6. The molecule has 0 aliphatic heterocycles. The van der Waals surface area contributed by atoms with E-state index in [9.17, 15) is 4.79 Å². The summed E-state index contributed by atoms with van der Waals surface area (Å²) in [4.78, 5) is 23.1. The SMILES string of the molecule is COc1cc(Cl)c(C)cc1NC(=O)CCc1c(C)nn(-c2cc(N(C)C)ncn2)c1C. The number of anilines is 2. The first kappa shape index (κ1) is 22.6. The van der Waals surface area contributed by atoms with Crippen LogP contribution in [0.3, 0.4) is 0 Å². The molecule has 1 amide bonds. The predicted molar refractivity (Wildman–Crippen MR) is 123 cm³/mol. The predicted octanol–water partition coefficient (Wildman–Crippen LogP) is 3.89. The summed E-state index contributed by atoms with van der Waals surface area (Å²) in [6, 6.07) is 5.39. The minimum absolute atomic E-state index is 0.108. The van der Waals surface area contributed by atoms with Crippen molar-refractivity contribution in [2.45, 2.75) is 33.6 Å². The summed E-state index contributed by atoms with van der Waals surface area (Å²) < 4.78 is 7.13. The van der Waals surface area contributed by atoms with Gasteiger partial charge in [-0.25, -0.2) is 14.6 Å². The minimum Gasteiger partial charge on any atom is -0.495 e. The molecule has 2 heterocycles. The molecule has 0 aliphatic carbocycles. The molecule has 0 spiro atoms. The number of nitrogens with zero attached hydrogens (tertiary/aromatic N) is 5. The Bertz CT molecular complexity index is 1110. The Morgan fingerprint density at radius 3 is 2.61 bits per heavy atom. The number of aromatic nitrogens is 4. The molecule has 0 radical (unpaired) electrons. The molecule has 31 heavy (non-hydrogen) atoms. The van der Waals surface area contributed by atoms with Crippen molar-refractivity contribution in [3.05, 3.63) is 52.1 Å². The second kappa shape index (κ2) is 9.34. The quantitative estimate of drug-likeness (QED) is 0.597. The Morgan fingerprint density at radius 1 is 1.19 bits per heavy atom. The Labute approximate surface area is 187 Å². The lowest BCUT2D eigenvalue weighted by Crippen LogP contribution is -2.14. The molecule has 0 saturated carbocycles. The van der Waals surface area contributed by atoms with Crippen LogP contribution in [0.2, 0.25) is 5.02 Å². The number of rotatable bonds is 7. The summed E-state index contributed by atoms with van der Waals surface area (Å²) in [5, 5.41) is 8.15. The van der Waals surface area contributed by atoms with Gasteiger partial charge in [0.1, 0.15) is 17.9 Å². The maximum Gasteiger partial charge on any atom is 0.224 e. The smallest absolute Gasteiger partial charge is 0.224 e. The molecule has 0 aliphatic rings. The molecule has 0 bridgehead atoms. The van der Waals surface area contributed by atoms with E-state index in [-0.39, 0.29) is 5.91 Å². The van der Waals surface area contributed by atoms with Gasteiger partial charge in [0.15, 0.2) is 5.82 Å². The lowest BCUT2D eigenvalue weighted by atomic mass is 10.1. The third-order valence-electron chi connectivity index (χ3n) is 5.11. The Morgan fingerprint density at radius 2 is 1.94 bits per heavy atom. The van der Waals surface area contributed by atoms with Crippen molar-refractivity contribution < 1.29 is 9.53 Å². The van der Waals surface area contributed by atoms with Gasteiger partial charge in [-0.15, -0.1) is 0 Å². The van der Waals surface area contributed by atoms with Crippen LogP contribution in [0.4, 0.5) is 11.5 Å². The lowest BCUT2D eigenvalue weighted by molar-refractivity contribution is -0.116. The van der Waals surface area contributed by atoms with E-state index in [0.29, 0.717) is 35.1 Å². The van der Waals surface area contributed by atoms with Crippen molar-refractivity contribution in [3.63, 3.8) is 0 Å². The zero-order chi connectivity index (χ0) is 22.7. The molecule has 0 atom stereocenters. The monoisotopic (exact) mass is 442 g/mol. The molecular formula is C22H27ClN6O2. The molecule has 9 heteroatoms. The van der Waals surface area contributed by atoms with E-state index < -0.39 is 0 Å². The fourth-order valence-corrected chi connectivity index (χ4v) is 3.49. The molecule has 0 fully saturated rings. The van der Waals surface area contributed by atoms with Crippen molar-refractivity contribution >= 4 is 29.0 Å². The van der Waals surface area contributed by atoms with Crippen molar-refractivity contribution in [1.29, 1.82) is 0 Å². The summed E-state index contributed by atoms with van der Waals surface area (Å²) in [5.74, 6) is 1.91. The summed E-state index contributed by atoms with van der Waals surface area (Å²) >= 11 is 6.14. The first-order valence-electron chi connectivity index (χ1n) is 9.90. The number of halogens is 1. The van der Waals surface area contributed by atoms with Gasteiger partial charge in [-0.05, 0) is 44.4 Å². The molecule has 0 saturated heterocycles. The fraction of sp³-hybridized carbons (Fsp3) is 0.364. The van der Waals surface area contributed by atoms with E-state index in [1.807, 2.05) is 51.9 Å². The molecule has 1 aromatic carbocycles. The molecule has 3 rings (SSSR count). The molecule has 0 unspecified atom stereocenters. The molecule has 3 aromatic rings. The van der Waals surface area contributed by atoms with Gasteiger partial charge in [0.05, 0.1) is 18.5 Å². The number of hydrogen-bond donors (Lipinski definition) is 1. The highest BCUT2D eigenvalue weighted by molar-refractivity contribution is 6.31. The molecule has 8 nitrogen and oxygen atoms in total. The second-order valence-electron chi connectivity index (χ2n) is 7.54. The molecule has 2 aromatic heterocycles. The number of ether oxygens (including phenoxy) is 1. The standard InChI is InChI=1S/C22H27ClN6O2/c1-13-9-18(19(31-6)10-17(13)23)26-22(30)8-7-16-14(2)27-29(15(16)3)21-11-20(28(4)5)24-12-25-21/h9-12H,7-8H2,1-6H3,(H,26,30). The topological polar surface area (TPSA) is 85.2 Å². The number of benzene rings is 1. The number of carbonyl (C=O) groups excluding carboxylic acids is 1. The van der Waals surface area contributed by atoms with E-state index in [4.69, 9.17) is 16.3 Å². The van der Waals surface area contributed by atoms with Gasteiger partial charge < -0.3 is 15.0 Å². The van der Waals surface area contributed by atoms with E-state index in [1.165, 1.54) is 6.33 Å². The van der Waals surface area contributed by atoms with Crippen molar-refractivity contribution in [2.24, 2.45) is 0 Å². The van der Waals surface area contributed by atoms with Gasteiger partial charge in [0.2, 0.25) is 5.91 Å². The van der Waals surface area contributed by atoms with Crippen LogP contribution in [-0.4, -0.2) is 46.9 Å². The summed E-state index contributed by atoms with van der Waals surface area (Å²) in [5.41, 5.74) is 4.33. The van der Waals surface area contributed by atoms with Crippen LogP contribution >= 0.6 is 11.6 Å². The zero-order valence-electron chi connectivity index (χ0n) is 18.7. The van der Waals surface area contributed by atoms with Gasteiger partial charge >= 0.3 is 0 Å². The molecule has 164 valence electrons. The van der Waals surface area contributed by atoms with E-state index in [2.05, 4.69) is 20.4 Å². The van der Waals surface area contributed by atoms with Gasteiger partial charge in [-0.2, -0.15) is 5.10 Å². The van der Waals surface area contributed by atoms with E-state index in [1.54, 1.807) is 17.9 Å². The zero-order valence-corrected chi connectivity index (χ0v) is 19.4. The minimum atomic E-state index is -0.108. The third kappa shape index (κ3) is 4.96. The highest BCUT2D eigenvalue weighted by Crippen LogP contribution is 2.31. The first-order valence-corrected chi connectivity index (χ1v) is 10.3. The normalized spacial score (nSPS) is 10.8. The van der Waals surface area contributed by atoms with Gasteiger partial charge in [-0.3, -0.25) is 4.79 Å². The maximum absolute atomic E-state index is 12.6. The van der Waals surface area contributed by atoms with Crippen molar-refractivity contribution in [3.8, 4) is 11.6 Å². The number of aryl methyl sites for hydroxylation is 2. The van der Waals surface area contributed by atoms with Crippen LogP contribution in [0.1, 0.15) is 28.9 Å². The summed E-state index contributed by atoms with van der Waals surface area (Å²) in [6.07, 6.45) is 2.39. The Hall–Kier alpha value is -3.13. The Kier molecular flexibility index (Phi) is 6.80. The van der Waals surface area contributed by atoms with E-state index >= 15 is 0 Å². The van der Waals surface area contributed by atoms with Crippen molar-refractivity contribution in [2.75, 3.05) is 31.4 Å². The maximum atomic E-state index is 12.6. The van der Waals surface area contributed by atoms with Crippen LogP contribution in [0, 0.1) is 20.8 Å². The summed E-state index contributed by atoms with van der Waals surface area (Å²) in [7, 11) is 5.40. The van der Waals surface area contributed by atoms with Crippen LogP contribution < -0.4 is 15.0 Å². The summed E-state index contributed by atoms with van der Waals surface area (Å²) in [6.45, 7) is 5.81. The highest BCUT2D eigenvalue weighted by atomic mass is 35.5. The van der Waals surface area contributed by atoms with Crippen LogP contribution in [0.5, 0.6) is 5.75 Å². The number of amides is 1. The van der Waals surface area contributed by atoms with E-state index in [0.717, 1.165) is 28.3 Å². The third-order valence-corrected chi connectivity index (χ3v) is 5.52. The van der Waals surface area contributed by atoms with Crippen LogP contribution in [0.15, 0.2) is 24.5 Å². The molecular weight excluding hydrogens is 416 g/mol. The average Bonchev–Trinajstić information content (AvgIpc) is 3.02. The largest absolute Gasteiger partial charge is 0.495 e. The highest BCUT2D eigenvalue weighted by Gasteiger charge is 2.17. The lowest BCUT2D eigenvalue weighted by Gasteiger charge is -2.13. The van der Waals surface area contributed by atoms with Gasteiger partial charge in [0.25, 0.3) is 0 Å². The van der Waals surface area contributed by atoms with Gasteiger partial charge in [-0.1, -0.05) is 11.6 Å². The van der Waals surface area contributed by atoms with Gasteiger partial charge in [0, 0.05) is 43.4 Å². The number of nitrogens with one attached hydrogen (secondary N) is 1. The Balaban J connectivity index is 1.75.